The van der Waals surface area contributed by atoms with E-state index in [1.807, 2.05) is 27.7 Å². The fraction of sp³-hybridized carbons (Fsp3) is 0.567. The van der Waals surface area contributed by atoms with Gasteiger partial charge in [0, 0.05) is 35.4 Å². The van der Waals surface area contributed by atoms with Crippen LogP contribution in [0, 0.1) is 23.6 Å². The van der Waals surface area contributed by atoms with Crippen LogP contribution in [0.25, 0.3) is 17.0 Å². The van der Waals surface area contributed by atoms with Gasteiger partial charge in [-0.2, -0.15) is 0 Å². The van der Waals surface area contributed by atoms with Crippen molar-refractivity contribution in [3.8, 4) is 17.1 Å². The van der Waals surface area contributed by atoms with Gasteiger partial charge in [-0.05, 0) is 78.0 Å². The number of benzene rings is 1. The molecule has 1 aliphatic carbocycles. The van der Waals surface area contributed by atoms with Gasteiger partial charge in [-0.25, -0.2) is 18.7 Å². The largest absolute Gasteiger partial charge is 0.491 e. The summed E-state index contributed by atoms with van der Waals surface area (Å²) in [5, 5.41) is 18.5. The number of aliphatic hydroxyl groups is 1. The number of halogens is 2. The first-order valence-corrected chi connectivity index (χ1v) is 13.7. The van der Waals surface area contributed by atoms with Crippen molar-refractivity contribution in [1.82, 2.24) is 9.97 Å². The second-order valence-corrected chi connectivity index (χ2v) is 11.3. The Kier molecular flexibility index (Phi) is 8.50. The van der Waals surface area contributed by atoms with E-state index in [0.29, 0.717) is 36.4 Å². The molecule has 0 radical (unpaired) electrons. The number of nitrogens with one attached hydrogen (secondary N) is 1. The van der Waals surface area contributed by atoms with Crippen molar-refractivity contribution in [2.45, 2.75) is 85.4 Å². The monoisotopic (exact) mass is 526 g/mol. The second kappa shape index (κ2) is 11.5. The third kappa shape index (κ3) is 5.90. The van der Waals surface area contributed by atoms with Gasteiger partial charge >= 0.3 is 0 Å². The molecule has 2 heterocycles. The number of rotatable bonds is 9. The Morgan fingerprint density at radius 1 is 1.21 bits per heavy atom. The molecule has 0 bridgehead atoms. The zero-order chi connectivity index (χ0) is 27.6. The highest BCUT2D eigenvalue weighted by Crippen LogP contribution is 2.47. The van der Waals surface area contributed by atoms with Gasteiger partial charge in [0.25, 0.3) is 0 Å². The Morgan fingerprint density at radius 3 is 2.50 bits per heavy atom. The summed E-state index contributed by atoms with van der Waals surface area (Å²) < 4.78 is 34.7. The number of hydrogen-bond donors (Lipinski definition) is 2. The lowest BCUT2D eigenvalue weighted by atomic mass is 9.68. The van der Waals surface area contributed by atoms with Gasteiger partial charge in [0.1, 0.15) is 30.2 Å². The van der Waals surface area contributed by atoms with Crippen molar-refractivity contribution in [2.75, 3.05) is 24.6 Å². The molecule has 1 aromatic heterocycles. The maximum atomic E-state index is 15.2. The molecule has 206 valence electrons. The van der Waals surface area contributed by atoms with Crippen molar-refractivity contribution in [2.24, 2.45) is 5.41 Å². The number of allylic oxidation sites excluding steroid dienone is 2. The Balaban J connectivity index is 1.74. The molecular weight excluding hydrogens is 486 g/mol. The Morgan fingerprint density at radius 2 is 1.89 bits per heavy atom. The van der Waals surface area contributed by atoms with Gasteiger partial charge in [-0.15, -0.1) is 0 Å². The first-order chi connectivity index (χ1) is 18.0. The summed E-state index contributed by atoms with van der Waals surface area (Å²) in [6.45, 7) is 11.2. The van der Waals surface area contributed by atoms with Crippen molar-refractivity contribution < 1.29 is 18.6 Å². The molecule has 2 fully saturated rings. The molecule has 1 atom stereocenters. The minimum absolute atomic E-state index is 0.107. The molecular formula is C30H40F2N4O2. The van der Waals surface area contributed by atoms with Gasteiger partial charge in [-0.1, -0.05) is 18.9 Å². The Labute approximate surface area is 224 Å². The molecule has 1 saturated carbocycles. The van der Waals surface area contributed by atoms with E-state index in [4.69, 9.17) is 20.1 Å². The summed E-state index contributed by atoms with van der Waals surface area (Å²) in [6.07, 6.45) is 3.11. The molecule has 1 spiro atoms. The molecule has 38 heavy (non-hydrogen) atoms. The van der Waals surface area contributed by atoms with Crippen LogP contribution in [-0.4, -0.2) is 52.8 Å². The quantitative estimate of drug-likeness (QED) is 0.356. The lowest BCUT2D eigenvalue weighted by Gasteiger charge is -2.53. The third-order valence-corrected chi connectivity index (χ3v) is 7.80. The maximum absolute atomic E-state index is 15.2. The van der Waals surface area contributed by atoms with Gasteiger partial charge < -0.3 is 20.2 Å². The second-order valence-electron chi connectivity index (χ2n) is 11.3. The molecule has 2 aromatic rings. The van der Waals surface area contributed by atoms with Crippen LogP contribution in [-0.2, 0) is 0 Å². The van der Waals surface area contributed by atoms with E-state index in [-0.39, 0.29) is 23.4 Å². The molecule has 1 saturated heterocycles. The Hall–Kier alpha value is -2.87. The van der Waals surface area contributed by atoms with E-state index in [0.717, 1.165) is 54.9 Å². The summed E-state index contributed by atoms with van der Waals surface area (Å²) in [4.78, 5) is 11.8. The molecule has 0 amide bonds. The van der Waals surface area contributed by atoms with Crippen LogP contribution < -0.4 is 9.64 Å². The molecule has 4 rings (SSSR count). The van der Waals surface area contributed by atoms with Crippen LogP contribution in [0.4, 0.5) is 14.6 Å². The average molecular weight is 527 g/mol. The van der Waals surface area contributed by atoms with Gasteiger partial charge in [0.15, 0.2) is 5.82 Å². The molecule has 8 heteroatoms. The maximum Gasteiger partial charge on any atom is 0.165 e. The first kappa shape index (κ1) is 28.1. The number of hydrogen-bond acceptors (Lipinski definition) is 6. The van der Waals surface area contributed by atoms with Crippen LogP contribution in [0.2, 0.25) is 0 Å². The molecule has 2 aliphatic rings. The zero-order valence-electron chi connectivity index (χ0n) is 23.2. The predicted molar refractivity (Wildman–Crippen MR) is 148 cm³/mol. The average Bonchev–Trinajstić information content (AvgIpc) is 2.84. The molecule has 2 N–H and O–H groups in total. The van der Waals surface area contributed by atoms with Crippen molar-refractivity contribution in [3.05, 3.63) is 40.8 Å². The van der Waals surface area contributed by atoms with Crippen LogP contribution in [0.1, 0.15) is 77.5 Å². The van der Waals surface area contributed by atoms with Crippen LogP contribution in [0.15, 0.2) is 23.8 Å². The number of aliphatic hydroxyl groups excluding tert-OH is 1. The minimum atomic E-state index is -0.704. The highest BCUT2D eigenvalue weighted by atomic mass is 19.1. The highest BCUT2D eigenvalue weighted by Gasteiger charge is 2.46. The van der Waals surface area contributed by atoms with Gasteiger partial charge in [0.05, 0.1) is 17.4 Å². The van der Waals surface area contributed by atoms with E-state index < -0.39 is 18.1 Å². The number of nitrogens with zero attached hydrogens (tertiary/aromatic N) is 3. The molecule has 0 unspecified atom stereocenters. The zero-order valence-corrected chi connectivity index (χ0v) is 23.2. The normalized spacial score (nSPS) is 17.7. The SMILES string of the molecule is CCC[C@@H](O)COc1ccc(F)c(-c2nc(C(C(C)=N)=C(C)C)c(C)c(N3CC4(CCC(F)CC4)C3)n2)c1. The Bertz CT molecular complexity index is 1210. The number of anilines is 1. The van der Waals surface area contributed by atoms with Gasteiger partial charge in [-0.3, -0.25) is 0 Å². The fourth-order valence-electron chi connectivity index (χ4n) is 5.76. The summed E-state index contributed by atoms with van der Waals surface area (Å²) >= 11 is 0. The van der Waals surface area contributed by atoms with Crippen LogP contribution in [0.3, 0.4) is 0 Å². The summed E-state index contributed by atoms with van der Waals surface area (Å²) in [5.41, 5.74) is 3.83. The standard InChI is InChI=1S/C30H40F2N4O2/c1-6-7-22(37)15-38-23-8-9-25(32)24(14-23)28-34-27(26(18(2)3)20(5)33)19(4)29(35-28)36-16-30(17-36)12-10-21(31)11-13-30/h8-9,14,21-22,33,37H,6-7,10-13,15-17H2,1-5H3/t22-/m1/s1. The van der Waals surface area contributed by atoms with E-state index in [1.165, 1.54) is 12.1 Å². The summed E-state index contributed by atoms with van der Waals surface area (Å²) in [6, 6.07) is 4.44. The van der Waals surface area contributed by atoms with E-state index >= 15 is 4.39 Å². The lowest BCUT2D eigenvalue weighted by molar-refractivity contribution is 0.0900. The van der Waals surface area contributed by atoms with E-state index in [1.54, 1.807) is 13.0 Å². The molecule has 1 aliphatic heterocycles. The predicted octanol–water partition coefficient (Wildman–Crippen LogP) is 6.68. The smallest absolute Gasteiger partial charge is 0.165 e. The number of aromatic nitrogens is 2. The number of ether oxygens (including phenoxy) is 1. The topological polar surface area (TPSA) is 82.3 Å². The van der Waals surface area contributed by atoms with Crippen molar-refractivity contribution >= 4 is 17.1 Å². The van der Waals surface area contributed by atoms with Gasteiger partial charge in [0.2, 0.25) is 0 Å². The van der Waals surface area contributed by atoms with Crippen LogP contribution >= 0.6 is 0 Å². The third-order valence-electron chi connectivity index (χ3n) is 7.80. The van der Waals surface area contributed by atoms with Crippen molar-refractivity contribution in [1.29, 1.82) is 5.41 Å². The number of alkyl halides is 1. The van der Waals surface area contributed by atoms with E-state index in [9.17, 15) is 9.50 Å². The van der Waals surface area contributed by atoms with Crippen LogP contribution in [0.5, 0.6) is 5.75 Å². The fourth-order valence-corrected chi connectivity index (χ4v) is 5.76. The van der Waals surface area contributed by atoms with E-state index in [2.05, 4.69) is 4.90 Å². The lowest BCUT2D eigenvalue weighted by Crippen LogP contribution is -2.58. The van der Waals surface area contributed by atoms with Crippen molar-refractivity contribution in [3.63, 3.8) is 0 Å². The first-order valence-electron chi connectivity index (χ1n) is 13.7. The minimum Gasteiger partial charge on any atom is -0.491 e. The molecule has 6 nitrogen and oxygen atoms in total. The highest BCUT2D eigenvalue weighted by molar-refractivity contribution is 6.22. The summed E-state index contributed by atoms with van der Waals surface area (Å²) in [7, 11) is 0. The molecule has 1 aromatic carbocycles. The summed E-state index contributed by atoms with van der Waals surface area (Å²) in [5.74, 6) is 0.910.